The molecule has 1 fully saturated rings. The highest BCUT2D eigenvalue weighted by atomic mass is 16.2. The van der Waals surface area contributed by atoms with E-state index in [9.17, 15) is 9.59 Å². The van der Waals surface area contributed by atoms with Crippen molar-refractivity contribution in [1.29, 1.82) is 0 Å². The zero-order chi connectivity index (χ0) is 15.1. The summed E-state index contributed by atoms with van der Waals surface area (Å²) < 4.78 is 0. The summed E-state index contributed by atoms with van der Waals surface area (Å²) >= 11 is 0. The highest BCUT2D eigenvalue weighted by Crippen LogP contribution is 2.11. The molecule has 0 aromatic heterocycles. The van der Waals surface area contributed by atoms with Gasteiger partial charge in [-0.1, -0.05) is 12.5 Å². The molecule has 1 aromatic rings. The molecule has 2 rings (SSSR count). The molecule has 1 aliphatic heterocycles. The standard InChI is InChI=1S/C16H23N3O2/c17-14-7-4-6-13(12-14)16(21)18-9-5-11-19-10-3-1-2-8-15(19)20/h4,6-7,12H,1-3,5,8-11,17H2,(H,18,21). The van der Waals surface area contributed by atoms with Gasteiger partial charge >= 0.3 is 0 Å². The summed E-state index contributed by atoms with van der Waals surface area (Å²) in [4.78, 5) is 25.7. The number of likely N-dealkylation sites (tertiary alicyclic amines) is 1. The van der Waals surface area contributed by atoms with Gasteiger partial charge in [-0.3, -0.25) is 9.59 Å². The van der Waals surface area contributed by atoms with Gasteiger partial charge in [-0.25, -0.2) is 0 Å². The summed E-state index contributed by atoms with van der Waals surface area (Å²) in [7, 11) is 0. The molecule has 114 valence electrons. The fraction of sp³-hybridized carbons (Fsp3) is 0.500. The molecule has 0 aliphatic carbocycles. The molecule has 0 radical (unpaired) electrons. The van der Waals surface area contributed by atoms with E-state index < -0.39 is 0 Å². The number of hydrogen-bond acceptors (Lipinski definition) is 3. The first-order valence-electron chi connectivity index (χ1n) is 7.58. The minimum Gasteiger partial charge on any atom is -0.399 e. The van der Waals surface area contributed by atoms with E-state index in [-0.39, 0.29) is 11.8 Å². The van der Waals surface area contributed by atoms with E-state index in [1.165, 1.54) is 0 Å². The first-order chi connectivity index (χ1) is 10.2. The summed E-state index contributed by atoms with van der Waals surface area (Å²) in [6.07, 6.45) is 4.66. The molecule has 2 amide bonds. The number of carbonyl (C=O) groups is 2. The van der Waals surface area contributed by atoms with Crippen molar-refractivity contribution in [1.82, 2.24) is 10.2 Å². The summed E-state index contributed by atoms with van der Waals surface area (Å²) in [6, 6.07) is 6.92. The van der Waals surface area contributed by atoms with E-state index in [0.29, 0.717) is 24.2 Å². The number of nitrogen functional groups attached to an aromatic ring is 1. The third-order valence-corrected chi connectivity index (χ3v) is 3.71. The van der Waals surface area contributed by atoms with Gasteiger partial charge < -0.3 is 16.0 Å². The van der Waals surface area contributed by atoms with Gasteiger partial charge in [0.15, 0.2) is 0 Å². The molecule has 0 atom stereocenters. The zero-order valence-corrected chi connectivity index (χ0v) is 12.3. The molecule has 1 saturated heterocycles. The van der Waals surface area contributed by atoms with Crippen LogP contribution in [0.3, 0.4) is 0 Å². The third-order valence-electron chi connectivity index (χ3n) is 3.71. The van der Waals surface area contributed by atoms with Crippen molar-refractivity contribution in [3.8, 4) is 0 Å². The first-order valence-corrected chi connectivity index (χ1v) is 7.58. The molecule has 1 aliphatic rings. The second-order valence-corrected chi connectivity index (χ2v) is 5.43. The van der Waals surface area contributed by atoms with Crippen molar-refractivity contribution >= 4 is 17.5 Å². The number of amides is 2. The van der Waals surface area contributed by atoms with Crippen LogP contribution in [0.25, 0.3) is 0 Å². The normalized spacial score (nSPS) is 15.6. The second kappa shape index (κ2) is 7.67. The molecule has 0 saturated carbocycles. The van der Waals surface area contributed by atoms with Gasteiger partial charge in [-0.2, -0.15) is 0 Å². The summed E-state index contributed by atoms with van der Waals surface area (Å²) in [5.74, 6) is 0.124. The highest BCUT2D eigenvalue weighted by molar-refractivity contribution is 5.94. The average Bonchev–Trinajstić information content (AvgIpc) is 2.68. The maximum absolute atomic E-state index is 11.9. The van der Waals surface area contributed by atoms with Crippen molar-refractivity contribution in [3.63, 3.8) is 0 Å². The Labute approximate surface area is 125 Å². The number of nitrogens with two attached hydrogens (primary N) is 1. The van der Waals surface area contributed by atoms with Crippen molar-refractivity contribution in [3.05, 3.63) is 29.8 Å². The van der Waals surface area contributed by atoms with Crippen LogP contribution in [0.2, 0.25) is 0 Å². The van der Waals surface area contributed by atoms with Crippen LogP contribution in [-0.4, -0.2) is 36.3 Å². The number of rotatable bonds is 5. The smallest absolute Gasteiger partial charge is 0.251 e. The maximum atomic E-state index is 11.9. The van der Waals surface area contributed by atoms with Gasteiger partial charge in [0.25, 0.3) is 5.91 Å². The first kappa shape index (κ1) is 15.4. The van der Waals surface area contributed by atoms with Gasteiger partial charge in [0.1, 0.15) is 0 Å². The molecule has 0 bridgehead atoms. The lowest BCUT2D eigenvalue weighted by Crippen LogP contribution is -2.34. The number of nitrogens with one attached hydrogen (secondary N) is 1. The number of hydrogen-bond donors (Lipinski definition) is 2. The number of carbonyl (C=O) groups excluding carboxylic acids is 2. The number of benzene rings is 1. The lowest BCUT2D eigenvalue weighted by atomic mass is 10.2. The summed E-state index contributed by atoms with van der Waals surface area (Å²) in [5.41, 5.74) is 6.81. The van der Waals surface area contributed by atoms with Crippen molar-refractivity contribution < 1.29 is 9.59 Å². The van der Waals surface area contributed by atoms with E-state index in [1.807, 2.05) is 4.90 Å². The minimum atomic E-state index is -0.121. The molecule has 5 heteroatoms. The SMILES string of the molecule is Nc1cccc(C(=O)NCCCN2CCCCCC2=O)c1. The Morgan fingerprint density at radius 2 is 2.14 bits per heavy atom. The van der Waals surface area contributed by atoms with Crippen molar-refractivity contribution in [2.45, 2.75) is 32.1 Å². The van der Waals surface area contributed by atoms with Crippen LogP contribution in [0.1, 0.15) is 42.5 Å². The molecular formula is C16H23N3O2. The largest absolute Gasteiger partial charge is 0.399 e. The summed E-state index contributed by atoms with van der Waals surface area (Å²) in [6.45, 7) is 2.13. The maximum Gasteiger partial charge on any atom is 0.251 e. The third kappa shape index (κ3) is 4.77. The van der Waals surface area contributed by atoms with Crippen LogP contribution in [0.4, 0.5) is 5.69 Å². The minimum absolute atomic E-state index is 0.121. The Kier molecular flexibility index (Phi) is 5.60. The van der Waals surface area contributed by atoms with Gasteiger partial charge in [-0.15, -0.1) is 0 Å². The quantitative estimate of drug-likeness (QED) is 0.641. The van der Waals surface area contributed by atoms with Crippen molar-refractivity contribution in [2.75, 3.05) is 25.4 Å². The Morgan fingerprint density at radius 1 is 1.29 bits per heavy atom. The van der Waals surface area contributed by atoms with E-state index in [2.05, 4.69) is 5.32 Å². The monoisotopic (exact) mass is 289 g/mol. The number of nitrogens with zero attached hydrogens (tertiary/aromatic N) is 1. The Bertz CT molecular complexity index is 502. The molecule has 0 unspecified atom stereocenters. The van der Waals surface area contributed by atoms with Gasteiger partial charge in [0, 0.05) is 37.3 Å². The molecule has 5 nitrogen and oxygen atoms in total. The highest BCUT2D eigenvalue weighted by Gasteiger charge is 2.15. The van der Waals surface area contributed by atoms with E-state index in [0.717, 1.165) is 38.8 Å². The molecule has 0 spiro atoms. The fourth-order valence-electron chi connectivity index (χ4n) is 2.53. The van der Waals surface area contributed by atoms with Crippen LogP contribution >= 0.6 is 0 Å². The summed E-state index contributed by atoms with van der Waals surface area (Å²) in [5, 5.41) is 2.86. The van der Waals surface area contributed by atoms with Crippen LogP contribution < -0.4 is 11.1 Å². The topological polar surface area (TPSA) is 75.4 Å². The number of anilines is 1. The lowest BCUT2D eigenvalue weighted by Gasteiger charge is -2.20. The predicted molar refractivity (Wildman–Crippen MR) is 82.9 cm³/mol. The van der Waals surface area contributed by atoms with Crippen LogP contribution in [-0.2, 0) is 4.79 Å². The van der Waals surface area contributed by atoms with Gasteiger partial charge in [-0.05, 0) is 37.5 Å². The molecule has 1 heterocycles. The van der Waals surface area contributed by atoms with Crippen molar-refractivity contribution in [2.24, 2.45) is 0 Å². The second-order valence-electron chi connectivity index (χ2n) is 5.43. The Hall–Kier alpha value is -2.04. The Balaban J connectivity index is 1.71. The van der Waals surface area contributed by atoms with Gasteiger partial charge in [0.05, 0.1) is 0 Å². The molecular weight excluding hydrogens is 266 g/mol. The lowest BCUT2D eigenvalue weighted by molar-refractivity contribution is -0.130. The van der Waals surface area contributed by atoms with E-state index in [4.69, 9.17) is 5.73 Å². The van der Waals surface area contributed by atoms with Gasteiger partial charge in [0.2, 0.25) is 5.91 Å². The van der Waals surface area contributed by atoms with E-state index >= 15 is 0 Å². The predicted octanol–water partition coefficient (Wildman–Crippen LogP) is 1.79. The molecule has 21 heavy (non-hydrogen) atoms. The van der Waals surface area contributed by atoms with Crippen LogP contribution in [0.15, 0.2) is 24.3 Å². The molecule has 1 aromatic carbocycles. The average molecular weight is 289 g/mol. The van der Waals surface area contributed by atoms with Crippen LogP contribution in [0, 0.1) is 0 Å². The Morgan fingerprint density at radius 3 is 2.95 bits per heavy atom. The fourth-order valence-corrected chi connectivity index (χ4v) is 2.53. The molecule has 3 N–H and O–H groups in total. The zero-order valence-electron chi connectivity index (χ0n) is 12.3. The van der Waals surface area contributed by atoms with Crippen LogP contribution in [0.5, 0.6) is 0 Å². The van der Waals surface area contributed by atoms with E-state index in [1.54, 1.807) is 24.3 Å².